The molecule has 9 nitrogen and oxygen atoms in total. The summed E-state index contributed by atoms with van der Waals surface area (Å²) < 4.78 is 26.7. The van der Waals surface area contributed by atoms with Crippen LogP contribution in [0.25, 0.3) is 0 Å². The van der Waals surface area contributed by atoms with Gasteiger partial charge < -0.3 is 28.8 Å². The van der Waals surface area contributed by atoms with Crippen molar-refractivity contribution >= 4 is 18.0 Å². The van der Waals surface area contributed by atoms with E-state index in [0.29, 0.717) is 5.90 Å². The summed E-state index contributed by atoms with van der Waals surface area (Å²) in [6.45, 7) is 3.51. The number of methoxy groups -OCH3 is 1. The Labute approximate surface area is 138 Å². The fourth-order valence-corrected chi connectivity index (χ4v) is 3.09. The molecule has 3 aliphatic rings. The van der Waals surface area contributed by atoms with E-state index >= 15 is 0 Å². The van der Waals surface area contributed by atoms with Crippen LogP contribution in [0.15, 0.2) is 16.8 Å². The van der Waals surface area contributed by atoms with Gasteiger partial charge in [-0.3, -0.25) is 0 Å². The Balaban J connectivity index is 1.82. The zero-order valence-electron chi connectivity index (χ0n) is 13.6. The number of carbonyl (C=O) groups excluding carboxylic acids is 1. The van der Waals surface area contributed by atoms with E-state index in [9.17, 15) is 14.7 Å². The minimum atomic E-state index is -1.18. The number of hydrogen-bond donors (Lipinski definition) is 1. The normalized spacial score (nSPS) is 33.9. The molecule has 0 radical (unpaired) electrons. The van der Waals surface area contributed by atoms with Gasteiger partial charge in [0.15, 0.2) is 12.0 Å². The first-order chi connectivity index (χ1) is 11.3. The summed E-state index contributed by atoms with van der Waals surface area (Å²) in [4.78, 5) is 26.9. The SMILES string of the molecule is CO[C@@](C)(C[C@H]1OC(C(=O)O)=C[C@H]2OC(C)=N[C@H]21)[C@H]1COC(=O)O1. The molecule has 24 heavy (non-hydrogen) atoms. The molecule has 3 aliphatic heterocycles. The van der Waals surface area contributed by atoms with Gasteiger partial charge in [-0.05, 0) is 6.92 Å². The first kappa shape index (κ1) is 16.6. The molecule has 0 unspecified atom stereocenters. The van der Waals surface area contributed by atoms with Gasteiger partial charge in [-0.15, -0.1) is 0 Å². The summed E-state index contributed by atoms with van der Waals surface area (Å²) >= 11 is 0. The van der Waals surface area contributed by atoms with Gasteiger partial charge in [0.25, 0.3) is 0 Å². The Morgan fingerprint density at radius 3 is 2.79 bits per heavy atom. The van der Waals surface area contributed by atoms with Crippen molar-refractivity contribution in [3.8, 4) is 0 Å². The number of carbonyl (C=O) groups is 2. The maximum atomic E-state index is 11.3. The maximum Gasteiger partial charge on any atom is 0.508 e. The van der Waals surface area contributed by atoms with Crippen LogP contribution in [0.4, 0.5) is 4.79 Å². The summed E-state index contributed by atoms with van der Waals surface area (Å²) in [7, 11) is 1.49. The van der Waals surface area contributed by atoms with Crippen LogP contribution in [0.2, 0.25) is 0 Å². The number of rotatable bonds is 5. The van der Waals surface area contributed by atoms with Crippen LogP contribution in [0, 0.1) is 0 Å². The van der Waals surface area contributed by atoms with Crippen molar-refractivity contribution in [3.05, 3.63) is 11.8 Å². The molecule has 1 fully saturated rings. The summed E-state index contributed by atoms with van der Waals surface area (Å²) in [5, 5.41) is 9.24. The van der Waals surface area contributed by atoms with Crippen LogP contribution < -0.4 is 0 Å². The van der Waals surface area contributed by atoms with Crippen molar-refractivity contribution in [3.63, 3.8) is 0 Å². The second kappa shape index (κ2) is 5.97. The van der Waals surface area contributed by atoms with Crippen LogP contribution in [-0.2, 0) is 28.5 Å². The summed E-state index contributed by atoms with van der Waals surface area (Å²) in [5.41, 5.74) is -0.922. The van der Waals surface area contributed by atoms with E-state index in [-0.39, 0.29) is 24.8 Å². The molecular weight excluding hydrogens is 322 g/mol. The standard InChI is InChI=1S/C15H19NO8/c1-7-16-12-8(22-7)4-9(13(17)18)23-10(12)5-15(2,20-3)11-6-21-14(19)24-11/h4,8,10-12H,5-6H2,1-3H3,(H,17,18)/t8-,10-,11-,12-,15+/m1/s1. The summed E-state index contributed by atoms with van der Waals surface area (Å²) in [6, 6.07) is -0.388. The lowest BCUT2D eigenvalue weighted by atomic mass is 9.87. The summed E-state index contributed by atoms with van der Waals surface area (Å²) in [5.74, 6) is -0.901. The lowest BCUT2D eigenvalue weighted by Gasteiger charge is -2.38. The Morgan fingerprint density at radius 2 is 2.21 bits per heavy atom. The predicted molar refractivity (Wildman–Crippen MR) is 78.6 cm³/mol. The topological polar surface area (TPSA) is 113 Å². The van der Waals surface area contributed by atoms with Crippen LogP contribution in [0.1, 0.15) is 20.3 Å². The Bertz CT molecular complexity index is 615. The summed E-state index contributed by atoms with van der Waals surface area (Å²) in [6.07, 6.45) is -0.826. The van der Waals surface area contributed by atoms with Crippen LogP contribution in [-0.4, -0.2) is 66.8 Å². The lowest BCUT2D eigenvalue weighted by molar-refractivity contribution is -0.143. The van der Waals surface area contributed by atoms with E-state index in [1.807, 2.05) is 0 Å². The van der Waals surface area contributed by atoms with Gasteiger partial charge in [0.1, 0.15) is 30.5 Å². The molecular formula is C15H19NO8. The van der Waals surface area contributed by atoms with Crippen molar-refractivity contribution in [2.24, 2.45) is 4.99 Å². The molecule has 0 aromatic carbocycles. The number of carboxylic acids is 1. The minimum absolute atomic E-state index is 0.0599. The van der Waals surface area contributed by atoms with Crippen molar-refractivity contribution in [1.82, 2.24) is 0 Å². The fourth-order valence-electron chi connectivity index (χ4n) is 3.09. The number of ether oxygens (including phenoxy) is 5. The molecule has 3 heterocycles. The highest BCUT2D eigenvalue weighted by atomic mass is 16.8. The maximum absolute atomic E-state index is 11.3. The van der Waals surface area contributed by atoms with Gasteiger partial charge in [-0.1, -0.05) is 0 Å². The van der Waals surface area contributed by atoms with Crippen molar-refractivity contribution in [2.75, 3.05) is 13.7 Å². The van der Waals surface area contributed by atoms with Crippen molar-refractivity contribution in [1.29, 1.82) is 0 Å². The third kappa shape index (κ3) is 2.91. The number of fused-ring (bicyclic) bond motifs is 1. The van der Waals surface area contributed by atoms with E-state index in [1.54, 1.807) is 13.8 Å². The molecule has 0 amide bonds. The number of hydrogen-bond acceptors (Lipinski definition) is 8. The lowest BCUT2D eigenvalue weighted by Crippen LogP contribution is -2.50. The Morgan fingerprint density at radius 1 is 1.46 bits per heavy atom. The molecule has 9 heteroatoms. The third-order valence-electron chi connectivity index (χ3n) is 4.50. The molecule has 5 atom stereocenters. The van der Waals surface area contributed by atoms with E-state index in [2.05, 4.69) is 4.99 Å². The predicted octanol–water partition coefficient (Wildman–Crippen LogP) is 0.870. The fraction of sp³-hybridized carbons (Fsp3) is 0.667. The number of carboxylic acid groups (broad SMARTS) is 1. The van der Waals surface area contributed by atoms with Crippen molar-refractivity contribution in [2.45, 2.75) is 50.2 Å². The molecule has 1 saturated heterocycles. The van der Waals surface area contributed by atoms with E-state index in [0.717, 1.165) is 0 Å². The third-order valence-corrected chi connectivity index (χ3v) is 4.50. The van der Waals surface area contributed by atoms with E-state index < -0.39 is 36.0 Å². The number of aliphatic imine (C=N–C) groups is 1. The van der Waals surface area contributed by atoms with E-state index in [4.69, 9.17) is 23.7 Å². The molecule has 0 spiro atoms. The molecule has 1 N–H and O–H groups in total. The molecule has 0 aliphatic carbocycles. The molecule has 0 saturated carbocycles. The number of cyclic esters (lactones) is 2. The van der Waals surface area contributed by atoms with Crippen molar-refractivity contribution < 1.29 is 38.4 Å². The van der Waals surface area contributed by atoms with Crippen LogP contribution >= 0.6 is 0 Å². The first-order valence-electron chi connectivity index (χ1n) is 7.54. The van der Waals surface area contributed by atoms with Gasteiger partial charge in [-0.25, -0.2) is 14.6 Å². The minimum Gasteiger partial charge on any atom is -0.481 e. The van der Waals surface area contributed by atoms with Gasteiger partial charge >= 0.3 is 12.1 Å². The Kier molecular flexibility index (Phi) is 4.12. The zero-order valence-corrected chi connectivity index (χ0v) is 13.6. The number of aliphatic carboxylic acids is 1. The molecule has 132 valence electrons. The molecule has 3 rings (SSSR count). The molecule has 0 bridgehead atoms. The highest BCUT2D eigenvalue weighted by molar-refractivity contribution is 5.85. The average molecular weight is 341 g/mol. The second-order valence-electron chi connectivity index (χ2n) is 6.10. The zero-order chi connectivity index (χ0) is 17.5. The van der Waals surface area contributed by atoms with Gasteiger partial charge in [0, 0.05) is 26.5 Å². The van der Waals surface area contributed by atoms with Gasteiger partial charge in [-0.2, -0.15) is 0 Å². The highest BCUT2D eigenvalue weighted by Gasteiger charge is 2.49. The van der Waals surface area contributed by atoms with Gasteiger partial charge in [0.05, 0.1) is 0 Å². The first-order valence-corrected chi connectivity index (χ1v) is 7.54. The number of nitrogens with zero attached hydrogens (tertiary/aromatic N) is 1. The molecule has 0 aromatic rings. The smallest absolute Gasteiger partial charge is 0.481 e. The highest BCUT2D eigenvalue weighted by Crippen LogP contribution is 2.35. The largest absolute Gasteiger partial charge is 0.508 e. The monoisotopic (exact) mass is 341 g/mol. The van der Waals surface area contributed by atoms with Crippen LogP contribution in [0.3, 0.4) is 0 Å². The van der Waals surface area contributed by atoms with Crippen LogP contribution in [0.5, 0.6) is 0 Å². The quantitative estimate of drug-likeness (QED) is 0.733. The average Bonchev–Trinajstić information content (AvgIpc) is 3.12. The van der Waals surface area contributed by atoms with Gasteiger partial charge in [0.2, 0.25) is 5.76 Å². The molecule has 0 aromatic heterocycles. The Hall–Kier alpha value is -2.29. The second-order valence-corrected chi connectivity index (χ2v) is 6.10. The van der Waals surface area contributed by atoms with E-state index in [1.165, 1.54) is 13.2 Å².